The number of hydrogen-bond donors (Lipinski definition) is 3. The normalized spacial score (nSPS) is 10.8. The van der Waals surface area contributed by atoms with Crippen molar-refractivity contribution in [1.82, 2.24) is 9.97 Å². The first-order chi connectivity index (χ1) is 8.67. The van der Waals surface area contributed by atoms with Crippen LogP contribution < -0.4 is 16.2 Å². The maximum absolute atomic E-state index is 9.19. The van der Waals surface area contributed by atoms with Crippen LogP contribution in [0.4, 0.5) is 11.8 Å². The number of hydrazine groups is 1. The van der Waals surface area contributed by atoms with Crippen molar-refractivity contribution in [1.29, 1.82) is 0 Å². The minimum Gasteiger partial charge on any atom is -0.395 e. The van der Waals surface area contributed by atoms with E-state index >= 15 is 0 Å². The van der Waals surface area contributed by atoms with E-state index in [4.69, 9.17) is 17.4 Å². The SMILES string of the molecule is CCC(CC)N(CCO)c1nc(NN)ncc1Cl. The van der Waals surface area contributed by atoms with Gasteiger partial charge in [-0.2, -0.15) is 4.98 Å². The van der Waals surface area contributed by atoms with Gasteiger partial charge in [-0.25, -0.2) is 10.8 Å². The highest BCUT2D eigenvalue weighted by Gasteiger charge is 2.20. The van der Waals surface area contributed by atoms with Crippen LogP contribution in [0, 0.1) is 0 Å². The Labute approximate surface area is 112 Å². The maximum atomic E-state index is 9.19. The maximum Gasteiger partial charge on any atom is 0.239 e. The Hall–Kier alpha value is -1.11. The Morgan fingerprint density at radius 2 is 2.17 bits per heavy atom. The molecule has 1 heterocycles. The van der Waals surface area contributed by atoms with Crippen LogP contribution in [0.2, 0.25) is 5.02 Å². The van der Waals surface area contributed by atoms with E-state index in [0.29, 0.717) is 23.3 Å². The predicted molar refractivity (Wildman–Crippen MR) is 73.7 cm³/mol. The van der Waals surface area contributed by atoms with Gasteiger partial charge in [0.25, 0.3) is 0 Å². The molecular weight excluding hydrogens is 254 g/mol. The van der Waals surface area contributed by atoms with Crippen molar-refractivity contribution in [3.8, 4) is 0 Å². The molecule has 0 saturated carbocycles. The third kappa shape index (κ3) is 3.44. The Morgan fingerprint density at radius 1 is 1.50 bits per heavy atom. The molecule has 0 bridgehead atoms. The van der Waals surface area contributed by atoms with Crippen molar-refractivity contribution in [3.05, 3.63) is 11.2 Å². The molecule has 4 N–H and O–H groups in total. The van der Waals surface area contributed by atoms with Crippen LogP contribution in [0.1, 0.15) is 26.7 Å². The van der Waals surface area contributed by atoms with Crippen LogP contribution in [-0.2, 0) is 0 Å². The summed E-state index contributed by atoms with van der Waals surface area (Å²) in [6, 6.07) is 0.273. The second-order valence-electron chi connectivity index (χ2n) is 3.90. The lowest BCUT2D eigenvalue weighted by molar-refractivity contribution is 0.295. The number of hydrogen-bond acceptors (Lipinski definition) is 6. The van der Waals surface area contributed by atoms with Crippen molar-refractivity contribution < 1.29 is 5.11 Å². The molecular formula is C11H20ClN5O. The summed E-state index contributed by atoms with van der Waals surface area (Å²) in [5.41, 5.74) is 2.40. The largest absolute Gasteiger partial charge is 0.395 e. The molecule has 1 aromatic heterocycles. The molecule has 0 saturated heterocycles. The van der Waals surface area contributed by atoms with Crippen LogP contribution >= 0.6 is 11.6 Å². The van der Waals surface area contributed by atoms with E-state index in [1.54, 1.807) is 0 Å². The molecule has 0 aromatic carbocycles. The number of nitrogens with two attached hydrogens (primary N) is 1. The van der Waals surface area contributed by atoms with E-state index in [1.807, 2.05) is 4.90 Å². The predicted octanol–water partition coefficient (Wildman–Crippen LogP) is 1.40. The van der Waals surface area contributed by atoms with Gasteiger partial charge in [-0.1, -0.05) is 25.4 Å². The lowest BCUT2D eigenvalue weighted by atomic mass is 10.1. The quantitative estimate of drug-likeness (QED) is 0.514. The molecule has 0 fully saturated rings. The van der Waals surface area contributed by atoms with Gasteiger partial charge in [-0.05, 0) is 12.8 Å². The van der Waals surface area contributed by atoms with E-state index < -0.39 is 0 Å². The topological polar surface area (TPSA) is 87.3 Å². The first-order valence-electron chi connectivity index (χ1n) is 6.04. The zero-order chi connectivity index (χ0) is 13.5. The summed E-state index contributed by atoms with van der Waals surface area (Å²) in [5.74, 6) is 6.21. The Morgan fingerprint density at radius 3 is 2.67 bits per heavy atom. The van der Waals surface area contributed by atoms with Gasteiger partial charge in [0, 0.05) is 12.6 Å². The van der Waals surface area contributed by atoms with Gasteiger partial charge in [0.2, 0.25) is 5.95 Å². The molecule has 0 aliphatic heterocycles. The van der Waals surface area contributed by atoms with Crippen molar-refractivity contribution in [3.63, 3.8) is 0 Å². The number of halogens is 1. The number of rotatable bonds is 7. The number of nitrogens with one attached hydrogen (secondary N) is 1. The Balaban J connectivity index is 3.10. The molecule has 0 amide bonds. The second-order valence-corrected chi connectivity index (χ2v) is 4.30. The molecule has 7 heteroatoms. The van der Waals surface area contributed by atoms with Gasteiger partial charge in [-0.3, -0.25) is 5.43 Å². The van der Waals surface area contributed by atoms with Gasteiger partial charge >= 0.3 is 0 Å². The van der Waals surface area contributed by atoms with Crippen molar-refractivity contribution >= 4 is 23.4 Å². The van der Waals surface area contributed by atoms with Crippen molar-refractivity contribution in [2.45, 2.75) is 32.7 Å². The Bertz CT molecular complexity index is 372. The highest BCUT2D eigenvalue weighted by molar-refractivity contribution is 6.32. The zero-order valence-electron chi connectivity index (χ0n) is 10.7. The first kappa shape index (κ1) is 14.9. The smallest absolute Gasteiger partial charge is 0.239 e. The van der Waals surface area contributed by atoms with Crippen molar-refractivity contribution in [2.75, 3.05) is 23.5 Å². The average molecular weight is 274 g/mol. The number of aliphatic hydroxyl groups is 1. The molecule has 1 rings (SSSR count). The first-order valence-corrected chi connectivity index (χ1v) is 6.42. The highest BCUT2D eigenvalue weighted by Crippen LogP contribution is 2.26. The van der Waals surface area contributed by atoms with Crippen LogP contribution in [0.5, 0.6) is 0 Å². The molecule has 0 atom stereocenters. The van der Waals surface area contributed by atoms with E-state index in [2.05, 4.69) is 29.2 Å². The van der Waals surface area contributed by atoms with E-state index in [0.717, 1.165) is 12.8 Å². The number of nitrogens with zero attached hydrogens (tertiary/aromatic N) is 3. The Kier molecular flexibility index (Phi) is 6.11. The van der Waals surface area contributed by atoms with Crippen molar-refractivity contribution in [2.24, 2.45) is 5.84 Å². The third-order valence-corrected chi connectivity index (χ3v) is 3.12. The van der Waals surface area contributed by atoms with Crippen LogP contribution in [-0.4, -0.2) is 34.3 Å². The molecule has 102 valence electrons. The average Bonchev–Trinajstić information content (AvgIpc) is 2.40. The third-order valence-electron chi connectivity index (χ3n) is 2.85. The molecule has 6 nitrogen and oxygen atoms in total. The van der Waals surface area contributed by atoms with Gasteiger partial charge in [-0.15, -0.1) is 0 Å². The monoisotopic (exact) mass is 273 g/mol. The number of nitrogen functional groups attached to an aromatic ring is 1. The fraction of sp³-hybridized carbons (Fsp3) is 0.636. The van der Waals surface area contributed by atoms with E-state index in [9.17, 15) is 5.11 Å². The van der Waals surface area contributed by atoms with Gasteiger partial charge in [0.1, 0.15) is 5.02 Å². The fourth-order valence-electron chi connectivity index (χ4n) is 1.93. The summed E-state index contributed by atoms with van der Waals surface area (Å²) in [6.45, 7) is 4.71. The number of aromatic nitrogens is 2. The van der Waals surface area contributed by atoms with Gasteiger partial charge < -0.3 is 10.0 Å². The fourth-order valence-corrected chi connectivity index (χ4v) is 2.13. The molecule has 0 unspecified atom stereocenters. The zero-order valence-corrected chi connectivity index (χ0v) is 11.5. The lowest BCUT2D eigenvalue weighted by Gasteiger charge is -2.31. The van der Waals surface area contributed by atoms with E-state index in [1.165, 1.54) is 6.20 Å². The highest BCUT2D eigenvalue weighted by atomic mass is 35.5. The minimum atomic E-state index is 0.0439. The summed E-state index contributed by atoms with van der Waals surface area (Å²) < 4.78 is 0. The molecule has 0 aliphatic carbocycles. The molecule has 0 spiro atoms. The number of aliphatic hydroxyl groups excluding tert-OH is 1. The standard InChI is InChI=1S/C11H20ClN5O/c1-3-8(4-2)17(5-6-18)10-9(12)7-14-11(15-10)16-13/h7-8,18H,3-6,13H2,1-2H3,(H,14,15,16). The summed E-state index contributed by atoms with van der Waals surface area (Å²) in [7, 11) is 0. The summed E-state index contributed by atoms with van der Waals surface area (Å²) in [6.07, 6.45) is 3.40. The van der Waals surface area contributed by atoms with Crippen LogP contribution in [0.25, 0.3) is 0 Å². The summed E-state index contributed by atoms with van der Waals surface area (Å²) in [5, 5.41) is 9.64. The summed E-state index contributed by atoms with van der Waals surface area (Å²) in [4.78, 5) is 10.2. The molecule has 0 aliphatic rings. The van der Waals surface area contributed by atoms with E-state index in [-0.39, 0.29) is 12.6 Å². The van der Waals surface area contributed by atoms with Crippen LogP contribution in [0.15, 0.2) is 6.20 Å². The van der Waals surface area contributed by atoms with Crippen LogP contribution in [0.3, 0.4) is 0 Å². The second kappa shape index (κ2) is 7.35. The van der Waals surface area contributed by atoms with Gasteiger partial charge in [0.15, 0.2) is 5.82 Å². The minimum absolute atomic E-state index is 0.0439. The summed E-state index contributed by atoms with van der Waals surface area (Å²) >= 11 is 6.12. The van der Waals surface area contributed by atoms with Gasteiger partial charge in [0.05, 0.1) is 12.8 Å². The lowest BCUT2D eigenvalue weighted by Crippen LogP contribution is -2.37. The number of anilines is 2. The molecule has 1 aromatic rings. The molecule has 0 radical (unpaired) electrons. The molecule has 18 heavy (non-hydrogen) atoms.